The van der Waals surface area contributed by atoms with Crippen molar-refractivity contribution < 1.29 is 19.4 Å². The third-order valence-electron chi connectivity index (χ3n) is 3.75. The second-order valence-corrected chi connectivity index (χ2v) is 5.44. The SMILES string of the molecule is COc1cc(C)n(C)c(=O)c1C(=O)/C=C/c1cccc(OCCO)c1. The number of benzene rings is 1. The zero-order valence-corrected chi connectivity index (χ0v) is 14.5. The Kier molecular flexibility index (Phi) is 6.14. The molecule has 6 heteroatoms. The number of aliphatic hydroxyl groups excluding tert-OH is 1. The van der Waals surface area contributed by atoms with Gasteiger partial charge in [0.25, 0.3) is 5.56 Å². The van der Waals surface area contributed by atoms with Crippen molar-refractivity contribution in [3.63, 3.8) is 0 Å². The maximum absolute atomic E-state index is 12.5. The van der Waals surface area contributed by atoms with Crippen molar-refractivity contribution in [2.75, 3.05) is 20.3 Å². The van der Waals surface area contributed by atoms with Crippen molar-refractivity contribution in [3.8, 4) is 11.5 Å². The summed E-state index contributed by atoms with van der Waals surface area (Å²) >= 11 is 0. The minimum absolute atomic E-state index is 0.000430. The summed E-state index contributed by atoms with van der Waals surface area (Å²) in [7, 11) is 3.04. The molecule has 2 rings (SSSR count). The van der Waals surface area contributed by atoms with E-state index in [4.69, 9.17) is 14.6 Å². The normalized spacial score (nSPS) is 10.9. The molecule has 25 heavy (non-hydrogen) atoms. The number of pyridine rings is 1. The highest BCUT2D eigenvalue weighted by Crippen LogP contribution is 2.18. The quantitative estimate of drug-likeness (QED) is 0.614. The van der Waals surface area contributed by atoms with Gasteiger partial charge in [-0.15, -0.1) is 0 Å². The Labute approximate surface area is 145 Å². The Hall–Kier alpha value is -2.86. The number of aromatic nitrogens is 1. The van der Waals surface area contributed by atoms with Crippen molar-refractivity contribution >= 4 is 11.9 Å². The highest BCUT2D eigenvalue weighted by Gasteiger charge is 2.17. The van der Waals surface area contributed by atoms with Gasteiger partial charge < -0.3 is 19.1 Å². The van der Waals surface area contributed by atoms with Crippen LogP contribution in [0.1, 0.15) is 21.6 Å². The summed E-state index contributed by atoms with van der Waals surface area (Å²) in [6.45, 7) is 1.89. The van der Waals surface area contributed by atoms with Crippen LogP contribution in [0.2, 0.25) is 0 Å². The zero-order chi connectivity index (χ0) is 18.4. The number of aryl methyl sites for hydroxylation is 1. The van der Waals surface area contributed by atoms with Crippen LogP contribution in [0, 0.1) is 6.92 Å². The van der Waals surface area contributed by atoms with Crippen molar-refractivity contribution in [1.29, 1.82) is 0 Å². The first-order chi connectivity index (χ1) is 12.0. The molecule has 0 amide bonds. The maximum Gasteiger partial charge on any atom is 0.265 e. The Morgan fingerprint density at radius 1 is 1.32 bits per heavy atom. The lowest BCUT2D eigenvalue weighted by atomic mass is 10.1. The lowest BCUT2D eigenvalue weighted by Gasteiger charge is -2.10. The van der Waals surface area contributed by atoms with Crippen LogP contribution in [0.5, 0.6) is 11.5 Å². The van der Waals surface area contributed by atoms with Gasteiger partial charge in [0.15, 0.2) is 5.78 Å². The molecule has 132 valence electrons. The van der Waals surface area contributed by atoms with Gasteiger partial charge >= 0.3 is 0 Å². The van der Waals surface area contributed by atoms with Crippen molar-refractivity contribution in [2.45, 2.75) is 6.92 Å². The molecule has 0 aliphatic heterocycles. The van der Waals surface area contributed by atoms with Crippen molar-refractivity contribution in [3.05, 3.63) is 63.6 Å². The number of ketones is 1. The molecule has 1 N–H and O–H groups in total. The first-order valence-corrected chi connectivity index (χ1v) is 7.78. The van der Waals surface area contributed by atoms with Crippen LogP contribution >= 0.6 is 0 Å². The van der Waals surface area contributed by atoms with Crippen LogP contribution in [0.4, 0.5) is 0 Å². The Morgan fingerprint density at radius 3 is 2.76 bits per heavy atom. The molecule has 0 radical (unpaired) electrons. The molecular formula is C19H21NO5. The van der Waals surface area contributed by atoms with E-state index in [9.17, 15) is 9.59 Å². The van der Waals surface area contributed by atoms with E-state index in [1.54, 1.807) is 50.4 Å². The van der Waals surface area contributed by atoms with Gasteiger partial charge in [0.05, 0.1) is 13.7 Å². The number of carbonyl (C=O) groups is 1. The number of rotatable bonds is 7. The summed E-state index contributed by atoms with van der Waals surface area (Å²) in [5, 5.41) is 8.79. The van der Waals surface area contributed by atoms with E-state index in [1.807, 2.05) is 0 Å². The summed E-state index contributed by atoms with van der Waals surface area (Å²) < 4.78 is 11.9. The number of aliphatic hydroxyl groups is 1. The topological polar surface area (TPSA) is 77.8 Å². The standard InChI is InChI=1S/C19H21NO5/c1-13-11-17(24-3)18(19(23)20(13)2)16(22)8-7-14-5-4-6-15(12-14)25-10-9-21/h4-8,11-12,21H,9-10H2,1-3H3/b8-7+. The first-order valence-electron chi connectivity index (χ1n) is 7.78. The van der Waals surface area contributed by atoms with Gasteiger partial charge in [-0.25, -0.2) is 0 Å². The molecule has 2 aromatic rings. The molecule has 0 atom stereocenters. The van der Waals surface area contributed by atoms with Crippen LogP contribution in [-0.2, 0) is 7.05 Å². The van der Waals surface area contributed by atoms with E-state index in [-0.39, 0.29) is 24.5 Å². The number of allylic oxidation sites excluding steroid dienone is 1. The van der Waals surface area contributed by atoms with E-state index < -0.39 is 11.3 Å². The van der Waals surface area contributed by atoms with E-state index >= 15 is 0 Å². The highest BCUT2D eigenvalue weighted by molar-refractivity contribution is 6.08. The molecule has 0 aliphatic rings. The smallest absolute Gasteiger partial charge is 0.265 e. The third-order valence-corrected chi connectivity index (χ3v) is 3.75. The fraction of sp³-hybridized carbons (Fsp3) is 0.263. The molecule has 0 saturated heterocycles. The number of carbonyl (C=O) groups excluding carboxylic acids is 1. The molecule has 1 aromatic heterocycles. The monoisotopic (exact) mass is 343 g/mol. The summed E-state index contributed by atoms with van der Waals surface area (Å²) in [6.07, 6.45) is 2.94. The van der Waals surface area contributed by atoms with E-state index in [0.717, 1.165) is 5.56 Å². The number of hydrogen-bond donors (Lipinski definition) is 1. The molecular weight excluding hydrogens is 322 g/mol. The molecule has 1 aromatic carbocycles. The van der Waals surface area contributed by atoms with Crippen molar-refractivity contribution in [2.24, 2.45) is 7.05 Å². The third kappa shape index (κ3) is 4.36. The van der Waals surface area contributed by atoms with Gasteiger partial charge in [-0.05, 0) is 30.7 Å². The average molecular weight is 343 g/mol. The predicted molar refractivity (Wildman–Crippen MR) is 95.4 cm³/mol. The second-order valence-electron chi connectivity index (χ2n) is 5.44. The van der Waals surface area contributed by atoms with Gasteiger partial charge in [-0.3, -0.25) is 9.59 Å². The van der Waals surface area contributed by atoms with Crippen molar-refractivity contribution in [1.82, 2.24) is 4.57 Å². The van der Waals surface area contributed by atoms with Gasteiger partial charge in [0, 0.05) is 18.8 Å². The molecule has 0 bridgehead atoms. The van der Waals surface area contributed by atoms with Gasteiger partial charge in [-0.2, -0.15) is 0 Å². The summed E-state index contributed by atoms with van der Waals surface area (Å²) in [6, 6.07) is 8.74. The molecule has 1 heterocycles. The van der Waals surface area contributed by atoms with E-state index in [1.165, 1.54) is 17.8 Å². The summed E-state index contributed by atoms with van der Waals surface area (Å²) in [5.74, 6) is 0.418. The maximum atomic E-state index is 12.5. The number of ether oxygens (including phenoxy) is 2. The van der Waals surface area contributed by atoms with Crippen LogP contribution < -0.4 is 15.0 Å². The highest BCUT2D eigenvalue weighted by atomic mass is 16.5. The van der Waals surface area contributed by atoms with Gasteiger partial charge in [0.1, 0.15) is 23.7 Å². The first kappa shape index (κ1) is 18.5. The number of nitrogens with zero attached hydrogens (tertiary/aromatic N) is 1. The Balaban J connectivity index is 2.30. The molecule has 0 aliphatic carbocycles. The Bertz CT molecular complexity index is 851. The van der Waals surface area contributed by atoms with E-state index in [0.29, 0.717) is 11.4 Å². The van der Waals surface area contributed by atoms with E-state index in [2.05, 4.69) is 0 Å². The predicted octanol–water partition coefficient (Wildman–Crippen LogP) is 1.97. The van der Waals surface area contributed by atoms with Crippen LogP contribution in [0.3, 0.4) is 0 Å². The minimum atomic E-state index is -0.431. The van der Waals surface area contributed by atoms with Crippen LogP contribution in [0.15, 0.2) is 41.2 Å². The molecule has 0 unspecified atom stereocenters. The molecule has 0 saturated carbocycles. The fourth-order valence-corrected chi connectivity index (χ4v) is 2.31. The largest absolute Gasteiger partial charge is 0.496 e. The van der Waals surface area contributed by atoms with Crippen LogP contribution in [0.25, 0.3) is 6.08 Å². The molecule has 0 spiro atoms. The summed E-state index contributed by atoms with van der Waals surface area (Å²) in [4.78, 5) is 24.9. The average Bonchev–Trinajstić information content (AvgIpc) is 2.62. The fourth-order valence-electron chi connectivity index (χ4n) is 2.31. The van der Waals surface area contributed by atoms with Gasteiger partial charge in [0.2, 0.25) is 0 Å². The zero-order valence-electron chi connectivity index (χ0n) is 14.5. The molecule has 0 fully saturated rings. The van der Waals surface area contributed by atoms with Crippen LogP contribution in [-0.4, -0.2) is 35.8 Å². The lowest BCUT2D eigenvalue weighted by Crippen LogP contribution is -2.26. The Morgan fingerprint density at radius 2 is 2.08 bits per heavy atom. The minimum Gasteiger partial charge on any atom is -0.496 e. The number of methoxy groups -OCH3 is 1. The molecule has 6 nitrogen and oxygen atoms in total. The van der Waals surface area contributed by atoms with Gasteiger partial charge in [-0.1, -0.05) is 18.2 Å². The second kappa shape index (κ2) is 8.30. The lowest BCUT2D eigenvalue weighted by molar-refractivity contribution is 0.104. The summed E-state index contributed by atoms with van der Waals surface area (Å²) in [5.41, 5.74) is 1.05. The number of hydrogen-bond acceptors (Lipinski definition) is 5.